The van der Waals surface area contributed by atoms with Crippen LogP contribution in [0.2, 0.25) is 0 Å². The monoisotopic (exact) mass is 259 g/mol. The molecule has 0 bridgehead atoms. The van der Waals surface area contributed by atoms with Crippen molar-refractivity contribution in [2.75, 3.05) is 6.54 Å². The summed E-state index contributed by atoms with van der Waals surface area (Å²) in [7, 11) is 0. The number of hydrogen-bond donors (Lipinski definition) is 2. The average Bonchev–Trinajstić information content (AvgIpc) is 3.23. The summed E-state index contributed by atoms with van der Waals surface area (Å²) in [5.41, 5.74) is 2.92. The fraction of sp³-hybridized carbons (Fsp3) is 0.647. The van der Waals surface area contributed by atoms with Gasteiger partial charge in [-0.15, -0.1) is 0 Å². The van der Waals surface area contributed by atoms with Crippen molar-refractivity contribution in [1.29, 1.82) is 0 Å². The largest absolute Gasteiger partial charge is 0.393 e. The van der Waals surface area contributed by atoms with E-state index in [4.69, 9.17) is 0 Å². The Kier molecular flexibility index (Phi) is 4.19. The normalized spacial score (nSPS) is 27.4. The number of aliphatic hydroxyl groups excluding tert-OH is 1. The summed E-state index contributed by atoms with van der Waals surface area (Å²) in [6.45, 7) is 2.01. The smallest absolute Gasteiger partial charge is 0.0543 e. The van der Waals surface area contributed by atoms with Crippen LogP contribution in [-0.2, 0) is 6.54 Å². The van der Waals surface area contributed by atoms with Gasteiger partial charge in [0, 0.05) is 6.54 Å². The Morgan fingerprint density at radius 1 is 1.16 bits per heavy atom. The third-order valence-electron chi connectivity index (χ3n) is 4.52. The number of nitrogens with one attached hydrogen (secondary N) is 1. The molecule has 0 amide bonds. The fourth-order valence-electron chi connectivity index (χ4n) is 3.24. The molecule has 2 aliphatic carbocycles. The zero-order valence-corrected chi connectivity index (χ0v) is 11.6. The molecule has 2 unspecified atom stereocenters. The summed E-state index contributed by atoms with van der Waals surface area (Å²) in [6.07, 6.45) is 7.12. The van der Waals surface area contributed by atoms with Gasteiger partial charge >= 0.3 is 0 Å². The molecule has 0 spiro atoms. The van der Waals surface area contributed by atoms with Crippen LogP contribution in [0, 0.1) is 5.92 Å². The molecule has 1 aromatic carbocycles. The van der Waals surface area contributed by atoms with Crippen molar-refractivity contribution in [2.24, 2.45) is 5.92 Å². The van der Waals surface area contributed by atoms with E-state index in [-0.39, 0.29) is 6.10 Å². The van der Waals surface area contributed by atoms with Gasteiger partial charge in [0.15, 0.2) is 0 Å². The minimum absolute atomic E-state index is 0.0567. The number of rotatable bonds is 5. The van der Waals surface area contributed by atoms with Gasteiger partial charge in [0.2, 0.25) is 0 Å². The maximum Gasteiger partial charge on any atom is 0.0543 e. The van der Waals surface area contributed by atoms with Crippen molar-refractivity contribution in [3.63, 3.8) is 0 Å². The summed E-state index contributed by atoms with van der Waals surface area (Å²) >= 11 is 0. The van der Waals surface area contributed by atoms with Gasteiger partial charge in [-0.3, -0.25) is 0 Å². The highest BCUT2D eigenvalue weighted by molar-refractivity contribution is 5.29. The minimum Gasteiger partial charge on any atom is -0.393 e. The predicted octanol–water partition coefficient (Wildman–Crippen LogP) is 3.20. The molecule has 2 nitrogen and oxygen atoms in total. The molecule has 0 aliphatic heterocycles. The molecule has 2 aliphatic rings. The molecule has 0 radical (unpaired) electrons. The Balaban J connectivity index is 1.45. The van der Waals surface area contributed by atoms with Crippen LogP contribution in [-0.4, -0.2) is 17.8 Å². The second-order valence-electron chi connectivity index (χ2n) is 6.34. The maximum absolute atomic E-state index is 9.67. The number of aliphatic hydroxyl groups is 1. The van der Waals surface area contributed by atoms with Crippen LogP contribution in [0.1, 0.15) is 55.6 Å². The van der Waals surface area contributed by atoms with E-state index in [1.165, 1.54) is 36.8 Å². The van der Waals surface area contributed by atoms with Gasteiger partial charge in [-0.1, -0.05) is 30.7 Å². The summed E-state index contributed by atoms with van der Waals surface area (Å²) in [5.74, 6) is 1.50. The van der Waals surface area contributed by atoms with Crippen LogP contribution in [0.4, 0.5) is 0 Å². The Morgan fingerprint density at radius 2 is 2.05 bits per heavy atom. The van der Waals surface area contributed by atoms with Crippen molar-refractivity contribution in [3.8, 4) is 0 Å². The van der Waals surface area contributed by atoms with E-state index >= 15 is 0 Å². The molecule has 2 N–H and O–H groups in total. The van der Waals surface area contributed by atoms with Gasteiger partial charge in [0.1, 0.15) is 0 Å². The van der Waals surface area contributed by atoms with E-state index < -0.39 is 0 Å². The fourth-order valence-corrected chi connectivity index (χ4v) is 3.24. The molecule has 2 atom stereocenters. The zero-order chi connectivity index (χ0) is 13.1. The van der Waals surface area contributed by atoms with Crippen molar-refractivity contribution < 1.29 is 5.11 Å². The summed E-state index contributed by atoms with van der Waals surface area (Å²) in [5, 5.41) is 13.2. The molecular formula is C17H25NO. The lowest BCUT2D eigenvalue weighted by Gasteiger charge is -2.26. The third-order valence-corrected chi connectivity index (χ3v) is 4.52. The quantitative estimate of drug-likeness (QED) is 0.851. The second-order valence-corrected chi connectivity index (χ2v) is 6.34. The van der Waals surface area contributed by atoms with Crippen molar-refractivity contribution >= 4 is 0 Å². The van der Waals surface area contributed by atoms with Gasteiger partial charge in [-0.2, -0.15) is 0 Å². The molecule has 0 heterocycles. The zero-order valence-electron chi connectivity index (χ0n) is 11.6. The van der Waals surface area contributed by atoms with E-state index in [2.05, 4.69) is 29.6 Å². The van der Waals surface area contributed by atoms with E-state index in [9.17, 15) is 5.11 Å². The van der Waals surface area contributed by atoms with Crippen LogP contribution < -0.4 is 5.32 Å². The van der Waals surface area contributed by atoms with Crippen LogP contribution in [0.3, 0.4) is 0 Å². The lowest BCUT2D eigenvalue weighted by Crippen LogP contribution is -2.28. The lowest BCUT2D eigenvalue weighted by atomic mass is 9.87. The van der Waals surface area contributed by atoms with E-state index in [1.54, 1.807) is 0 Å². The van der Waals surface area contributed by atoms with Crippen LogP contribution in [0.25, 0.3) is 0 Å². The van der Waals surface area contributed by atoms with E-state index in [0.717, 1.165) is 31.8 Å². The third kappa shape index (κ3) is 3.80. The van der Waals surface area contributed by atoms with Crippen LogP contribution in [0.15, 0.2) is 24.3 Å². The van der Waals surface area contributed by atoms with Gasteiger partial charge in [0.05, 0.1) is 6.10 Å². The topological polar surface area (TPSA) is 32.3 Å². The summed E-state index contributed by atoms with van der Waals surface area (Å²) < 4.78 is 0. The number of benzene rings is 1. The molecule has 19 heavy (non-hydrogen) atoms. The lowest BCUT2D eigenvalue weighted by molar-refractivity contribution is 0.101. The summed E-state index contributed by atoms with van der Waals surface area (Å²) in [6, 6.07) is 9.03. The maximum atomic E-state index is 9.67. The Labute approximate surface area is 116 Å². The van der Waals surface area contributed by atoms with Gasteiger partial charge < -0.3 is 10.4 Å². The summed E-state index contributed by atoms with van der Waals surface area (Å²) in [4.78, 5) is 0. The standard InChI is InChI=1S/C17H25NO/c19-17-6-2-4-14(10-17)12-18-11-13-3-1-5-16(9-13)15-7-8-15/h1,3,5,9,14-15,17-19H,2,4,6-8,10-12H2. The van der Waals surface area contributed by atoms with Crippen LogP contribution >= 0.6 is 0 Å². The SMILES string of the molecule is OC1CCCC(CNCc2cccc(C3CC3)c2)C1. The Hall–Kier alpha value is -0.860. The molecule has 2 saturated carbocycles. The van der Waals surface area contributed by atoms with Gasteiger partial charge in [-0.05, 0) is 61.6 Å². The molecular weight excluding hydrogens is 234 g/mol. The first-order valence-corrected chi connectivity index (χ1v) is 7.79. The highest BCUT2D eigenvalue weighted by atomic mass is 16.3. The first-order chi connectivity index (χ1) is 9.31. The van der Waals surface area contributed by atoms with Crippen molar-refractivity contribution in [3.05, 3.63) is 35.4 Å². The second kappa shape index (κ2) is 6.06. The predicted molar refractivity (Wildman–Crippen MR) is 78.1 cm³/mol. The molecule has 3 rings (SSSR count). The van der Waals surface area contributed by atoms with Crippen molar-refractivity contribution in [2.45, 2.75) is 57.1 Å². The average molecular weight is 259 g/mol. The molecule has 2 heteroatoms. The van der Waals surface area contributed by atoms with Crippen LogP contribution in [0.5, 0.6) is 0 Å². The molecule has 0 saturated heterocycles. The molecule has 2 fully saturated rings. The molecule has 1 aromatic rings. The van der Waals surface area contributed by atoms with Gasteiger partial charge in [0.25, 0.3) is 0 Å². The highest BCUT2D eigenvalue weighted by Crippen LogP contribution is 2.40. The number of hydrogen-bond acceptors (Lipinski definition) is 2. The van der Waals surface area contributed by atoms with Crippen molar-refractivity contribution in [1.82, 2.24) is 5.32 Å². The minimum atomic E-state index is -0.0567. The highest BCUT2D eigenvalue weighted by Gasteiger charge is 2.23. The van der Waals surface area contributed by atoms with E-state index in [0.29, 0.717) is 5.92 Å². The Morgan fingerprint density at radius 3 is 2.84 bits per heavy atom. The van der Waals surface area contributed by atoms with Gasteiger partial charge in [-0.25, -0.2) is 0 Å². The molecule has 0 aromatic heterocycles. The molecule has 104 valence electrons. The Bertz CT molecular complexity index is 413. The first-order valence-electron chi connectivity index (χ1n) is 7.79. The first kappa shape index (κ1) is 13.1. The van der Waals surface area contributed by atoms with E-state index in [1.807, 2.05) is 0 Å².